The summed E-state index contributed by atoms with van der Waals surface area (Å²) in [7, 11) is 0. The van der Waals surface area contributed by atoms with Crippen LogP contribution in [0.25, 0.3) is 0 Å². The molecule has 1 aliphatic rings. The fourth-order valence-electron chi connectivity index (χ4n) is 2.72. The van der Waals surface area contributed by atoms with Gasteiger partial charge in [0.1, 0.15) is 5.92 Å². The minimum atomic E-state index is -0.389. The van der Waals surface area contributed by atoms with Gasteiger partial charge in [-0.05, 0) is 36.6 Å². The second-order valence-electron chi connectivity index (χ2n) is 5.27. The third-order valence-corrected chi connectivity index (χ3v) is 3.83. The van der Waals surface area contributed by atoms with Crippen LogP contribution < -0.4 is 5.32 Å². The Kier molecular flexibility index (Phi) is 4.06. The van der Waals surface area contributed by atoms with E-state index in [0.717, 1.165) is 11.3 Å². The van der Waals surface area contributed by atoms with Gasteiger partial charge in [-0.15, -0.1) is 0 Å². The van der Waals surface area contributed by atoms with Gasteiger partial charge in [-0.1, -0.05) is 12.8 Å². The van der Waals surface area contributed by atoms with Crippen LogP contribution in [-0.4, -0.2) is 21.0 Å². The highest BCUT2D eigenvalue weighted by atomic mass is 15.1. The molecule has 5 heteroatoms. The Morgan fingerprint density at radius 2 is 1.90 bits per heavy atom. The van der Waals surface area contributed by atoms with E-state index in [1.54, 1.807) is 24.7 Å². The highest BCUT2D eigenvalue weighted by molar-refractivity contribution is 5.36. The third-order valence-electron chi connectivity index (χ3n) is 3.83. The molecule has 1 saturated carbocycles. The van der Waals surface area contributed by atoms with Gasteiger partial charge in [0.05, 0.1) is 11.8 Å². The predicted molar refractivity (Wildman–Crippen MR) is 79.6 cm³/mol. The van der Waals surface area contributed by atoms with Crippen LogP contribution >= 0.6 is 0 Å². The van der Waals surface area contributed by atoms with Gasteiger partial charge in [0.15, 0.2) is 0 Å². The monoisotopic (exact) mass is 279 g/mol. The van der Waals surface area contributed by atoms with Crippen LogP contribution in [0, 0.1) is 11.3 Å². The summed E-state index contributed by atoms with van der Waals surface area (Å²) >= 11 is 0. The van der Waals surface area contributed by atoms with Crippen molar-refractivity contribution in [2.75, 3.05) is 5.32 Å². The van der Waals surface area contributed by atoms with Crippen LogP contribution in [0.5, 0.6) is 0 Å². The number of aromatic nitrogens is 3. The maximum Gasteiger partial charge on any atom is 0.223 e. The summed E-state index contributed by atoms with van der Waals surface area (Å²) in [6.07, 6.45) is 9.95. The van der Waals surface area contributed by atoms with E-state index in [0.29, 0.717) is 12.0 Å². The largest absolute Gasteiger partial charge is 0.351 e. The van der Waals surface area contributed by atoms with Gasteiger partial charge in [0, 0.05) is 24.6 Å². The van der Waals surface area contributed by atoms with Crippen molar-refractivity contribution in [2.45, 2.75) is 37.6 Å². The Morgan fingerprint density at radius 3 is 2.62 bits per heavy atom. The summed E-state index contributed by atoms with van der Waals surface area (Å²) in [5.41, 5.74) is 1.62. The Labute approximate surface area is 124 Å². The summed E-state index contributed by atoms with van der Waals surface area (Å²) in [6.45, 7) is 0. The van der Waals surface area contributed by atoms with E-state index in [1.165, 1.54) is 25.7 Å². The highest BCUT2D eigenvalue weighted by Crippen LogP contribution is 2.24. The van der Waals surface area contributed by atoms with E-state index in [9.17, 15) is 5.26 Å². The molecule has 2 aromatic rings. The van der Waals surface area contributed by atoms with Crippen LogP contribution in [0.2, 0.25) is 0 Å². The van der Waals surface area contributed by atoms with Crippen molar-refractivity contribution in [2.24, 2.45) is 0 Å². The molecule has 0 amide bonds. The molecule has 2 heterocycles. The number of hydrogen-bond acceptors (Lipinski definition) is 5. The Hall–Kier alpha value is -2.48. The van der Waals surface area contributed by atoms with Gasteiger partial charge in [0.25, 0.3) is 0 Å². The van der Waals surface area contributed by atoms with Gasteiger partial charge in [0.2, 0.25) is 5.95 Å². The van der Waals surface area contributed by atoms with Gasteiger partial charge in [-0.3, -0.25) is 4.98 Å². The lowest BCUT2D eigenvalue weighted by Gasteiger charge is -2.14. The van der Waals surface area contributed by atoms with Crippen molar-refractivity contribution in [1.82, 2.24) is 15.0 Å². The van der Waals surface area contributed by atoms with Crippen LogP contribution in [0.4, 0.5) is 5.95 Å². The third kappa shape index (κ3) is 3.16. The van der Waals surface area contributed by atoms with Gasteiger partial charge < -0.3 is 5.32 Å². The lowest BCUT2D eigenvalue weighted by Crippen LogP contribution is -2.17. The van der Waals surface area contributed by atoms with Crippen molar-refractivity contribution in [3.63, 3.8) is 0 Å². The molecule has 2 aromatic heterocycles. The maximum absolute atomic E-state index is 9.46. The molecule has 1 fully saturated rings. The topological polar surface area (TPSA) is 74.5 Å². The van der Waals surface area contributed by atoms with Crippen LogP contribution in [0.1, 0.15) is 42.9 Å². The molecule has 0 spiro atoms. The molecule has 1 unspecified atom stereocenters. The Bertz CT molecular complexity index is 629. The molecule has 1 aliphatic carbocycles. The van der Waals surface area contributed by atoms with E-state index in [-0.39, 0.29) is 5.92 Å². The molecule has 106 valence electrons. The number of pyridine rings is 1. The fourth-order valence-corrected chi connectivity index (χ4v) is 2.72. The molecule has 0 saturated heterocycles. The first kappa shape index (κ1) is 13.5. The molecule has 0 aliphatic heterocycles. The second kappa shape index (κ2) is 6.31. The van der Waals surface area contributed by atoms with E-state index in [2.05, 4.69) is 26.3 Å². The van der Waals surface area contributed by atoms with Crippen molar-refractivity contribution < 1.29 is 0 Å². The molecular formula is C16H17N5. The summed E-state index contributed by atoms with van der Waals surface area (Å²) < 4.78 is 0. The average Bonchev–Trinajstić information content (AvgIpc) is 3.02. The standard InChI is InChI=1S/C16H17N5/c17-11-14(12-5-8-18-9-6-12)15-7-10-19-16(21-15)20-13-3-1-2-4-13/h5-10,13-14H,1-4H2,(H,19,20,21). The Balaban J connectivity index is 1.82. The molecule has 0 bridgehead atoms. The fraction of sp³-hybridized carbons (Fsp3) is 0.375. The molecule has 1 N–H and O–H groups in total. The molecule has 21 heavy (non-hydrogen) atoms. The van der Waals surface area contributed by atoms with E-state index in [4.69, 9.17) is 0 Å². The first-order valence-electron chi connectivity index (χ1n) is 7.26. The summed E-state index contributed by atoms with van der Waals surface area (Å²) in [5.74, 6) is 0.230. The lowest BCUT2D eigenvalue weighted by molar-refractivity contribution is 0.741. The van der Waals surface area contributed by atoms with Gasteiger partial charge >= 0.3 is 0 Å². The van der Waals surface area contributed by atoms with Crippen LogP contribution in [0.15, 0.2) is 36.8 Å². The van der Waals surface area contributed by atoms with E-state index in [1.807, 2.05) is 12.1 Å². The first-order valence-corrected chi connectivity index (χ1v) is 7.26. The smallest absolute Gasteiger partial charge is 0.223 e. The van der Waals surface area contributed by atoms with Crippen molar-refractivity contribution >= 4 is 5.95 Å². The molecule has 5 nitrogen and oxygen atoms in total. The first-order chi connectivity index (χ1) is 10.4. The summed E-state index contributed by atoms with van der Waals surface area (Å²) in [4.78, 5) is 12.8. The van der Waals surface area contributed by atoms with Gasteiger partial charge in [-0.2, -0.15) is 5.26 Å². The predicted octanol–water partition coefficient (Wildman–Crippen LogP) is 2.88. The summed E-state index contributed by atoms with van der Waals surface area (Å²) in [6, 6.07) is 8.26. The number of rotatable bonds is 4. The zero-order valence-electron chi connectivity index (χ0n) is 11.7. The van der Waals surface area contributed by atoms with Gasteiger partial charge in [-0.25, -0.2) is 9.97 Å². The lowest BCUT2D eigenvalue weighted by atomic mass is 9.98. The molecule has 3 rings (SSSR count). The Morgan fingerprint density at radius 1 is 1.14 bits per heavy atom. The maximum atomic E-state index is 9.46. The van der Waals surface area contributed by atoms with E-state index < -0.39 is 0 Å². The zero-order chi connectivity index (χ0) is 14.5. The molecule has 1 atom stereocenters. The minimum Gasteiger partial charge on any atom is -0.351 e. The van der Waals surface area contributed by atoms with Crippen molar-refractivity contribution in [3.05, 3.63) is 48.0 Å². The number of anilines is 1. The quantitative estimate of drug-likeness (QED) is 0.931. The number of hydrogen-bond donors (Lipinski definition) is 1. The minimum absolute atomic E-state index is 0.389. The van der Waals surface area contributed by atoms with Crippen molar-refractivity contribution in [3.8, 4) is 6.07 Å². The zero-order valence-corrected chi connectivity index (χ0v) is 11.7. The number of nitrogens with zero attached hydrogens (tertiary/aromatic N) is 4. The van der Waals surface area contributed by atoms with Crippen LogP contribution in [0.3, 0.4) is 0 Å². The number of nitriles is 1. The molecule has 0 radical (unpaired) electrons. The normalized spacial score (nSPS) is 16.3. The SMILES string of the molecule is N#CC(c1ccncc1)c1ccnc(NC2CCCC2)n1. The average molecular weight is 279 g/mol. The molecule has 0 aromatic carbocycles. The second-order valence-corrected chi connectivity index (χ2v) is 5.27. The van der Waals surface area contributed by atoms with Crippen LogP contribution in [-0.2, 0) is 0 Å². The van der Waals surface area contributed by atoms with E-state index >= 15 is 0 Å². The summed E-state index contributed by atoms with van der Waals surface area (Å²) in [5, 5.41) is 12.8. The highest BCUT2D eigenvalue weighted by Gasteiger charge is 2.18. The number of nitrogens with one attached hydrogen (secondary N) is 1. The molecular weight excluding hydrogens is 262 g/mol. The van der Waals surface area contributed by atoms with Crippen molar-refractivity contribution in [1.29, 1.82) is 5.26 Å².